The number of nitrogens with one attached hydrogen (secondary N) is 1. The summed E-state index contributed by atoms with van der Waals surface area (Å²) >= 11 is 0. The number of benzene rings is 1. The number of rotatable bonds is 5. The van der Waals surface area contributed by atoms with Gasteiger partial charge in [0.15, 0.2) is 0 Å². The van der Waals surface area contributed by atoms with Crippen LogP contribution in [0.5, 0.6) is 0 Å². The molecule has 0 spiro atoms. The standard InChI is InChI=1S/C13H19NO2/c1-10(2)8-14-9-11-4-6-12(7-5-11)13(15)16-3/h4-7,10,14H,8-9H2,1-3H3. The number of carbonyl (C=O) groups is 1. The maximum absolute atomic E-state index is 11.2. The molecule has 0 aromatic heterocycles. The summed E-state index contributed by atoms with van der Waals surface area (Å²) in [6.45, 7) is 6.18. The minimum absolute atomic E-state index is 0.290. The van der Waals surface area contributed by atoms with Crippen LogP contribution in [0, 0.1) is 5.92 Å². The van der Waals surface area contributed by atoms with Crippen LogP contribution in [-0.4, -0.2) is 19.6 Å². The van der Waals surface area contributed by atoms with Gasteiger partial charge in [-0.1, -0.05) is 26.0 Å². The van der Waals surface area contributed by atoms with Gasteiger partial charge in [-0.15, -0.1) is 0 Å². The van der Waals surface area contributed by atoms with Crippen LogP contribution in [-0.2, 0) is 11.3 Å². The first-order chi connectivity index (χ1) is 7.63. The second kappa shape index (κ2) is 6.28. The highest BCUT2D eigenvalue weighted by Crippen LogP contribution is 2.05. The number of esters is 1. The van der Waals surface area contributed by atoms with Gasteiger partial charge in [-0.2, -0.15) is 0 Å². The van der Waals surface area contributed by atoms with E-state index in [2.05, 4.69) is 23.9 Å². The van der Waals surface area contributed by atoms with Crippen LogP contribution in [0.3, 0.4) is 0 Å². The van der Waals surface area contributed by atoms with Crippen LogP contribution in [0.15, 0.2) is 24.3 Å². The van der Waals surface area contributed by atoms with Crippen molar-refractivity contribution in [3.8, 4) is 0 Å². The first-order valence-corrected chi connectivity index (χ1v) is 5.51. The first-order valence-electron chi connectivity index (χ1n) is 5.51. The lowest BCUT2D eigenvalue weighted by Crippen LogP contribution is -2.18. The molecule has 1 aromatic rings. The van der Waals surface area contributed by atoms with Crippen LogP contribution in [0.4, 0.5) is 0 Å². The Hall–Kier alpha value is -1.35. The quantitative estimate of drug-likeness (QED) is 0.775. The van der Waals surface area contributed by atoms with E-state index >= 15 is 0 Å². The van der Waals surface area contributed by atoms with Gasteiger partial charge in [-0.3, -0.25) is 0 Å². The minimum atomic E-state index is -0.290. The Balaban J connectivity index is 2.48. The summed E-state index contributed by atoms with van der Waals surface area (Å²) in [6.07, 6.45) is 0. The molecule has 3 nitrogen and oxygen atoms in total. The van der Waals surface area contributed by atoms with Gasteiger partial charge in [0.2, 0.25) is 0 Å². The second-order valence-corrected chi connectivity index (χ2v) is 4.21. The highest BCUT2D eigenvalue weighted by atomic mass is 16.5. The van der Waals surface area contributed by atoms with Gasteiger partial charge in [0, 0.05) is 6.54 Å². The monoisotopic (exact) mass is 221 g/mol. The maximum Gasteiger partial charge on any atom is 0.337 e. The third-order valence-electron chi connectivity index (χ3n) is 2.26. The molecule has 0 bridgehead atoms. The van der Waals surface area contributed by atoms with Gasteiger partial charge in [-0.25, -0.2) is 4.79 Å². The Bertz CT molecular complexity index is 330. The van der Waals surface area contributed by atoms with Crippen LogP contribution in [0.2, 0.25) is 0 Å². The van der Waals surface area contributed by atoms with E-state index in [1.807, 2.05) is 12.1 Å². The van der Waals surface area contributed by atoms with Crippen molar-refractivity contribution >= 4 is 5.97 Å². The fourth-order valence-corrected chi connectivity index (χ4v) is 1.38. The predicted molar refractivity (Wildman–Crippen MR) is 64.3 cm³/mol. The molecule has 0 atom stereocenters. The molecule has 0 aliphatic carbocycles. The average Bonchev–Trinajstić information content (AvgIpc) is 2.28. The zero-order chi connectivity index (χ0) is 12.0. The van der Waals surface area contributed by atoms with E-state index in [9.17, 15) is 4.79 Å². The summed E-state index contributed by atoms with van der Waals surface area (Å²) in [4.78, 5) is 11.2. The minimum Gasteiger partial charge on any atom is -0.465 e. The van der Waals surface area contributed by atoms with Crippen molar-refractivity contribution in [1.82, 2.24) is 5.32 Å². The van der Waals surface area contributed by atoms with Crippen LogP contribution in [0.1, 0.15) is 29.8 Å². The van der Waals surface area contributed by atoms with Gasteiger partial charge in [0.25, 0.3) is 0 Å². The van der Waals surface area contributed by atoms with Crippen molar-refractivity contribution in [2.24, 2.45) is 5.92 Å². The molecule has 16 heavy (non-hydrogen) atoms. The molecule has 0 fully saturated rings. The maximum atomic E-state index is 11.2. The van der Waals surface area contributed by atoms with Gasteiger partial charge in [-0.05, 0) is 30.2 Å². The highest BCUT2D eigenvalue weighted by molar-refractivity contribution is 5.89. The Labute approximate surface area is 96.8 Å². The van der Waals surface area contributed by atoms with E-state index in [0.717, 1.165) is 13.1 Å². The third-order valence-corrected chi connectivity index (χ3v) is 2.26. The molecule has 0 heterocycles. The van der Waals surface area contributed by atoms with Gasteiger partial charge in [0.1, 0.15) is 0 Å². The summed E-state index contributed by atoms with van der Waals surface area (Å²) in [7, 11) is 1.39. The van der Waals surface area contributed by atoms with Gasteiger partial charge in [0.05, 0.1) is 12.7 Å². The summed E-state index contributed by atoms with van der Waals surface area (Å²) in [5.74, 6) is 0.357. The molecule has 0 saturated carbocycles. The smallest absolute Gasteiger partial charge is 0.337 e. The Morgan fingerprint density at radius 3 is 2.44 bits per heavy atom. The van der Waals surface area contributed by atoms with Gasteiger partial charge < -0.3 is 10.1 Å². The van der Waals surface area contributed by atoms with E-state index in [4.69, 9.17) is 0 Å². The van der Waals surface area contributed by atoms with E-state index in [1.165, 1.54) is 12.7 Å². The Kier molecular flexibility index (Phi) is 4.99. The van der Waals surface area contributed by atoms with Crippen molar-refractivity contribution in [1.29, 1.82) is 0 Å². The van der Waals surface area contributed by atoms with Crippen LogP contribution in [0.25, 0.3) is 0 Å². The molecule has 0 saturated heterocycles. The summed E-state index contributed by atoms with van der Waals surface area (Å²) in [6, 6.07) is 7.47. The zero-order valence-electron chi connectivity index (χ0n) is 10.1. The Morgan fingerprint density at radius 2 is 1.94 bits per heavy atom. The lowest BCUT2D eigenvalue weighted by atomic mass is 10.1. The molecule has 0 amide bonds. The predicted octanol–water partition coefficient (Wildman–Crippen LogP) is 2.22. The number of ether oxygens (including phenoxy) is 1. The van der Waals surface area contributed by atoms with Crippen LogP contribution >= 0.6 is 0 Å². The molecule has 3 heteroatoms. The molecule has 0 unspecified atom stereocenters. The number of methoxy groups -OCH3 is 1. The normalized spacial score (nSPS) is 10.5. The van der Waals surface area contributed by atoms with E-state index in [0.29, 0.717) is 11.5 Å². The molecular weight excluding hydrogens is 202 g/mol. The number of hydrogen-bond donors (Lipinski definition) is 1. The number of hydrogen-bond acceptors (Lipinski definition) is 3. The Morgan fingerprint density at radius 1 is 1.31 bits per heavy atom. The molecule has 0 aliphatic heterocycles. The molecule has 1 aromatic carbocycles. The van der Waals surface area contributed by atoms with Crippen molar-refractivity contribution < 1.29 is 9.53 Å². The largest absolute Gasteiger partial charge is 0.465 e. The lowest BCUT2D eigenvalue weighted by molar-refractivity contribution is 0.0600. The van der Waals surface area contributed by atoms with Crippen molar-refractivity contribution in [2.75, 3.05) is 13.7 Å². The molecule has 88 valence electrons. The number of carbonyl (C=O) groups excluding carboxylic acids is 1. The summed E-state index contributed by atoms with van der Waals surface area (Å²) < 4.78 is 4.63. The average molecular weight is 221 g/mol. The second-order valence-electron chi connectivity index (χ2n) is 4.21. The van der Waals surface area contributed by atoms with E-state index in [-0.39, 0.29) is 5.97 Å². The molecule has 1 rings (SSSR count). The summed E-state index contributed by atoms with van der Waals surface area (Å²) in [5.41, 5.74) is 1.77. The fraction of sp³-hybridized carbons (Fsp3) is 0.462. The fourth-order valence-electron chi connectivity index (χ4n) is 1.38. The molecular formula is C13H19NO2. The zero-order valence-corrected chi connectivity index (χ0v) is 10.1. The molecule has 0 radical (unpaired) electrons. The summed E-state index contributed by atoms with van der Waals surface area (Å²) in [5, 5.41) is 3.35. The van der Waals surface area contributed by atoms with E-state index < -0.39 is 0 Å². The van der Waals surface area contributed by atoms with Crippen molar-refractivity contribution in [3.63, 3.8) is 0 Å². The van der Waals surface area contributed by atoms with Crippen molar-refractivity contribution in [2.45, 2.75) is 20.4 Å². The van der Waals surface area contributed by atoms with Crippen LogP contribution < -0.4 is 5.32 Å². The third kappa shape index (κ3) is 4.03. The molecule has 1 N–H and O–H groups in total. The first kappa shape index (κ1) is 12.7. The topological polar surface area (TPSA) is 38.3 Å². The van der Waals surface area contributed by atoms with Gasteiger partial charge >= 0.3 is 5.97 Å². The SMILES string of the molecule is COC(=O)c1ccc(CNCC(C)C)cc1. The highest BCUT2D eigenvalue weighted by Gasteiger charge is 2.03. The lowest BCUT2D eigenvalue weighted by Gasteiger charge is -2.07. The molecule has 0 aliphatic rings. The van der Waals surface area contributed by atoms with Crippen molar-refractivity contribution in [3.05, 3.63) is 35.4 Å². The van der Waals surface area contributed by atoms with E-state index in [1.54, 1.807) is 12.1 Å².